The van der Waals surface area contributed by atoms with Gasteiger partial charge in [0, 0.05) is 6.42 Å². The van der Waals surface area contributed by atoms with Crippen molar-refractivity contribution in [2.75, 3.05) is 0 Å². The van der Waals surface area contributed by atoms with Crippen molar-refractivity contribution in [1.29, 1.82) is 0 Å². The molecule has 0 aromatic heterocycles. The Hall–Kier alpha value is -1.51. The molecule has 0 fully saturated rings. The average Bonchev–Trinajstić information content (AvgIpc) is 2.03. The summed E-state index contributed by atoms with van der Waals surface area (Å²) in [7, 11) is 0. The lowest BCUT2D eigenvalue weighted by Gasteiger charge is -2.10. The minimum Gasteiger partial charge on any atom is -0.508 e. The van der Waals surface area contributed by atoms with Crippen molar-refractivity contribution in [1.82, 2.24) is 0 Å². The monoisotopic (exact) mass is 179 g/mol. The van der Waals surface area contributed by atoms with Crippen LogP contribution in [0, 0.1) is 0 Å². The quantitative estimate of drug-likeness (QED) is 0.736. The number of benzene rings is 1. The Labute approximate surface area is 77.2 Å². The third kappa shape index (κ3) is 2.47. The normalized spacial score (nSPS) is 12.4. The molecule has 1 rings (SSSR count). The Bertz CT molecular complexity index is 310. The highest BCUT2D eigenvalue weighted by Crippen LogP contribution is 2.26. The van der Waals surface area contributed by atoms with E-state index in [0.717, 1.165) is 5.56 Å². The molecule has 0 heterocycles. The van der Waals surface area contributed by atoms with Gasteiger partial charge in [-0.15, -0.1) is 0 Å². The van der Waals surface area contributed by atoms with Crippen LogP contribution >= 0.6 is 0 Å². The molecule has 1 amide bonds. The van der Waals surface area contributed by atoms with Crippen LogP contribution in [-0.4, -0.2) is 11.0 Å². The molecule has 1 atom stereocenters. The molecule has 0 saturated carbocycles. The first-order valence-electron chi connectivity index (χ1n) is 4.17. The Morgan fingerprint density at radius 1 is 1.54 bits per heavy atom. The summed E-state index contributed by atoms with van der Waals surface area (Å²) in [5, 5.41) is 9.44. The van der Waals surface area contributed by atoms with Gasteiger partial charge in [0.15, 0.2) is 0 Å². The molecular weight excluding hydrogens is 166 g/mol. The Morgan fingerprint density at radius 3 is 2.69 bits per heavy atom. The lowest BCUT2D eigenvalue weighted by molar-refractivity contribution is -0.118. The van der Waals surface area contributed by atoms with Gasteiger partial charge in [0.1, 0.15) is 5.75 Å². The summed E-state index contributed by atoms with van der Waals surface area (Å²) in [5.41, 5.74) is 5.83. The van der Waals surface area contributed by atoms with Gasteiger partial charge in [0.25, 0.3) is 0 Å². The predicted molar refractivity (Wildman–Crippen MR) is 50.3 cm³/mol. The summed E-state index contributed by atoms with van der Waals surface area (Å²) in [6.45, 7) is 1.86. The first-order valence-corrected chi connectivity index (χ1v) is 4.17. The summed E-state index contributed by atoms with van der Waals surface area (Å²) in [6, 6.07) is 6.97. The SMILES string of the molecule is CC(CC(N)=O)c1ccccc1O. The van der Waals surface area contributed by atoms with Gasteiger partial charge in [0.05, 0.1) is 0 Å². The van der Waals surface area contributed by atoms with Crippen molar-refractivity contribution in [3.05, 3.63) is 29.8 Å². The standard InChI is InChI=1S/C10H13NO2/c1-7(6-10(11)13)8-4-2-3-5-9(8)12/h2-5,7,12H,6H2,1H3,(H2,11,13). The number of para-hydroxylation sites is 1. The van der Waals surface area contributed by atoms with Crippen LogP contribution in [0.5, 0.6) is 5.75 Å². The van der Waals surface area contributed by atoms with Crippen LogP contribution in [0.3, 0.4) is 0 Å². The summed E-state index contributed by atoms with van der Waals surface area (Å²) in [6.07, 6.45) is 0.261. The fraction of sp³-hybridized carbons (Fsp3) is 0.300. The van der Waals surface area contributed by atoms with E-state index in [4.69, 9.17) is 5.73 Å². The maximum Gasteiger partial charge on any atom is 0.218 e. The number of carbonyl (C=O) groups is 1. The van der Waals surface area contributed by atoms with Crippen molar-refractivity contribution in [2.24, 2.45) is 5.73 Å². The van der Waals surface area contributed by atoms with E-state index in [1.807, 2.05) is 13.0 Å². The molecule has 0 aliphatic rings. The van der Waals surface area contributed by atoms with Crippen LogP contribution in [0.4, 0.5) is 0 Å². The number of nitrogens with two attached hydrogens (primary N) is 1. The predicted octanol–water partition coefficient (Wildman–Crippen LogP) is 1.37. The molecule has 1 aromatic rings. The van der Waals surface area contributed by atoms with Gasteiger partial charge >= 0.3 is 0 Å². The smallest absolute Gasteiger partial charge is 0.218 e. The Balaban J connectivity index is 2.82. The summed E-state index contributed by atoms with van der Waals surface area (Å²) in [4.78, 5) is 10.6. The van der Waals surface area contributed by atoms with Gasteiger partial charge < -0.3 is 10.8 Å². The zero-order valence-electron chi connectivity index (χ0n) is 7.53. The van der Waals surface area contributed by atoms with Gasteiger partial charge in [-0.25, -0.2) is 0 Å². The number of phenols is 1. The van der Waals surface area contributed by atoms with E-state index < -0.39 is 0 Å². The summed E-state index contributed by atoms with van der Waals surface area (Å²) >= 11 is 0. The van der Waals surface area contributed by atoms with Crippen LogP contribution in [0.2, 0.25) is 0 Å². The van der Waals surface area contributed by atoms with Crippen molar-refractivity contribution < 1.29 is 9.90 Å². The number of phenolic OH excluding ortho intramolecular Hbond substituents is 1. The number of hydrogen-bond donors (Lipinski definition) is 2. The first-order chi connectivity index (χ1) is 6.11. The van der Waals surface area contributed by atoms with E-state index in [2.05, 4.69) is 0 Å². The fourth-order valence-corrected chi connectivity index (χ4v) is 1.32. The summed E-state index contributed by atoms with van der Waals surface area (Å²) in [5.74, 6) is -0.161. The minimum absolute atomic E-state index is 0.0290. The van der Waals surface area contributed by atoms with E-state index >= 15 is 0 Å². The van der Waals surface area contributed by atoms with Gasteiger partial charge in [0.2, 0.25) is 5.91 Å². The number of amides is 1. The molecule has 1 unspecified atom stereocenters. The van der Waals surface area contributed by atoms with E-state index in [-0.39, 0.29) is 24.0 Å². The highest BCUT2D eigenvalue weighted by Gasteiger charge is 2.11. The Morgan fingerprint density at radius 2 is 2.15 bits per heavy atom. The van der Waals surface area contributed by atoms with Crippen LogP contribution in [-0.2, 0) is 4.79 Å². The molecule has 3 heteroatoms. The molecule has 70 valence electrons. The summed E-state index contributed by atoms with van der Waals surface area (Å²) < 4.78 is 0. The molecular formula is C10H13NO2. The number of aromatic hydroxyl groups is 1. The maximum absolute atomic E-state index is 10.6. The van der Waals surface area contributed by atoms with Crippen molar-refractivity contribution >= 4 is 5.91 Å². The highest BCUT2D eigenvalue weighted by molar-refractivity contribution is 5.74. The maximum atomic E-state index is 10.6. The van der Waals surface area contributed by atoms with Crippen molar-refractivity contribution in [3.8, 4) is 5.75 Å². The first kappa shape index (κ1) is 9.58. The van der Waals surface area contributed by atoms with Gasteiger partial charge in [-0.1, -0.05) is 25.1 Å². The Kier molecular flexibility index (Phi) is 2.90. The van der Waals surface area contributed by atoms with Crippen LogP contribution in [0.15, 0.2) is 24.3 Å². The zero-order chi connectivity index (χ0) is 9.84. The number of carbonyl (C=O) groups excluding carboxylic acids is 1. The van der Waals surface area contributed by atoms with Crippen LogP contribution in [0.1, 0.15) is 24.8 Å². The fourth-order valence-electron chi connectivity index (χ4n) is 1.32. The lowest BCUT2D eigenvalue weighted by Crippen LogP contribution is -2.13. The highest BCUT2D eigenvalue weighted by atomic mass is 16.3. The molecule has 0 bridgehead atoms. The second-order valence-electron chi connectivity index (χ2n) is 3.13. The molecule has 0 aliphatic heterocycles. The third-order valence-electron chi connectivity index (χ3n) is 1.98. The number of hydrogen-bond acceptors (Lipinski definition) is 2. The molecule has 3 nitrogen and oxygen atoms in total. The molecule has 0 spiro atoms. The van der Waals surface area contributed by atoms with Gasteiger partial charge in [-0.3, -0.25) is 4.79 Å². The van der Waals surface area contributed by atoms with Crippen molar-refractivity contribution in [2.45, 2.75) is 19.3 Å². The largest absolute Gasteiger partial charge is 0.508 e. The van der Waals surface area contributed by atoms with E-state index in [1.54, 1.807) is 18.2 Å². The average molecular weight is 179 g/mol. The van der Waals surface area contributed by atoms with Gasteiger partial charge in [-0.05, 0) is 17.5 Å². The van der Waals surface area contributed by atoms with Crippen molar-refractivity contribution in [3.63, 3.8) is 0 Å². The molecule has 3 N–H and O–H groups in total. The molecule has 0 aliphatic carbocycles. The van der Waals surface area contributed by atoms with E-state index in [9.17, 15) is 9.90 Å². The zero-order valence-corrected chi connectivity index (χ0v) is 7.53. The molecule has 13 heavy (non-hydrogen) atoms. The van der Waals surface area contributed by atoms with E-state index in [1.165, 1.54) is 0 Å². The van der Waals surface area contributed by atoms with E-state index in [0.29, 0.717) is 0 Å². The van der Waals surface area contributed by atoms with Crippen LogP contribution in [0.25, 0.3) is 0 Å². The second-order valence-corrected chi connectivity index (χ2v) is 3.13. The van der Waals surface area contributed by atoms with Gasteiger partial charge in [-0.2, -0.15) is 0 Å². The minimum atomic E-state index is -0.351. The third-order valence-corrected chi connectivity index (χ3v) is 1.98. The number of rotatable bonds is 3. The second kappa shape index (κ2) is 3.94. The number of primary amides is 1. The topological polar surface area (TPSA) is 63.3 Å². The molecule has 0 saturated heterocycles. The van der Waals surface area contributed by atoms with Crippen LogP contribution < -0.4 is 5.73 Å². The molecule has 1 aromatic carbocycles. The lowest BCUT2D eigenvalue weighted by atomic mass is 9.97. The molecule has 0 radical (unpaired) electrons.